The van der Waals surface area contributed by atoms with E-state index in [0.717, 1.165) is 36.3 Å². The predicted molar refractivity (Wildman–Crippen MR) is 133 cm³/mol. The molecule has 0 spiro atoms. The van der Waals surface area contributed by atoms with Gasteiger partial charge in [0, 0.05) is 24.7 Å². The van der Waals surface area contributed by atoms with Crippen molar-refractivity contribution < 1.29 is 14.7 Å². The van der Waals surface area contributed by atoms with Crippen LogP contribution in [0.1, 0.15) is 73.3 Å². The third-order valence-electron chi connectivity index (χ3n) is 7.01. The lowest BCUT2D eigenvalue weighted by atomic mass is 9.70. The van der Waals surface area contributed by atoms with Crippen LogP contribution in [0.2, 0.25) is 0 Å². The summed E-state index contributed by atoms with van der Waals surface area (Å²) in [6.07, 6.45) is 9.74. The molecule has 0 radical (unpaired) electrons. The number of aliphatic hydroxyl groups is 1. The van der Waals surface area contributed by atoms with Crippen LogP contribution in [-0.4, -0.2) is 46.6 Å². The average molecular weight is 468 g/mol. The lowest BCUT2D eigenvalue weighted by Crippen LogP contribution is -2.39. The van der Waals surface area contributed by atoms with Gasteiger partial charge in [-0.1, -0.05) is 38.8 Å². The second kappa shape index (κ2) is 9.77. The van der Waals surface area contributed by atoms with Gasteiger partial charge in [0.25, 0.3) is 5.91 Å². The topological polar surface area (TPSA) is 82.0 Å². The van der Waals surface area contributed by atoms with E-state index < -0.39 is 0 Å². The highest BCUT2D eigenvalue weighted by Crippen LogP contribution is 2.40. The van der Waals surface area contributed by atoms with Crippen molar-refractivity contribution in [1.82, 2.24) is 10.2 Å². The normalized spacial score (nSPS) is 22.9. The third-order valence-corrected chi connectivity index (χ3v) is 8.10. The van der Waals surface area contributed by atoms with E-state index in [-0.39, 0.29) is 23.2 Å². The van der Waals surface area contributed by atoms with Crippen LogP contribution in [0.4, 0.5) is 0 Å². The van der Waals surface area contributed by atoms with E-state index in [0.29, 0.717) is 47.8 Å². The maximum atomic E-state index is 13.5. The van der Waals surface area contributed by atoms with E-state index in [1.165, 1.54) is 17.8 Å². The summed E-state index contributed by atoms with van der Waals surface area (Å²) in [4.78, 5) is 34.5. The Kier molecular flexibility index (Phi) is 7.00. The molecule has 2 fully saturated rings. The Labute approximate surface area is 199 Å². The van der Waals surface area contributed by atoms with Gasteiger partial charge in [0.2, 0.25) is 0 Å². The number of nitrogens with one attached hydrogen (secondary N) is 1. The van der Waals surface area contributed by atoms with Gasteiger partial charge in [-0.15, -0.1) is 11.3 Å². The number of thiophene rings is 1. The molecular weight excluding hydrogens is 434 g/mol. The highest BCUT2D eigenvalue weighted by atomic mass is 32.1. The summed E-state index contributed by atoms with van der Waals surface area (Å²) in [5.41, 5.74) is 2.18. The number of rotatable bonds is 5. The summed E-state index contributed by atoms with van der Waals surface area (Å²) < 4.78 is 0. The summed E-state index contributed by atoms with van der Waals surface area (Å²) in [7, 11) is 0. The molecule has 0 aromatic carbocycles. The Morgan fingerprint density at radius 2 is 1.88 bits per heavy atom. The number of hydrogen-bond acceptors (Lipinski definition) is 6. The number of amides is 1. The quantitative estimate of drug-likeness (QED) is 0.658. The maximum Gasteiger partial charge on any atom is 0.263 e. The highest BCUT2D eigenvalue weighted by Gasteiger charge is 2.39. The van der Waals surface area contributed by atoms with Gasteiger partial charge >= 0.3 is 0 Å². The Morgan fingerprint density at radius 1 is 1.21 bits per heavy atom. The van der Waals surface area contributed by atoms with E-state index >= 15 is 0 Å². The van der Waals surface area contributed by atoms with Crippen LogP contribution < -0.4 is 5.32 Å². The molecular formula is C26H33N3O3S. The van der Waals surface area contributed by atoms with Gasteiger partial charge in [-0.05, 0) is 44.7 Å². The second-order valence-electron chi connectivity index (χ2n) is 9.45. The molecule has 1 saturated carbocycles. The molecule has 1 amide bonds. The molecule has 0 bridgehead atoms. The number of likely N-dealkylation sites (tertiary alicyclic amines) is 1. The van der Waals surface area contributed by atoms with E-state index in [4.69, 9.17) is 4.99 Å². The SMILES string of the molecule is C=C1NC=C(C(=O)C2(C)CCCCC2)C1=N/C(=C\C)c1ccc(C(=O)N2CCC(O)CC2)s1. The fraction of sp³-hybridized carbons (Fsp3) is 0.500. The number of allylic oxidation sites excluding steroid dienone is 2. The molecule has 1 aliphatic carbocycles. The van der Waals surface area contributed by atoms with Crippen molar-refractivity contribution in [3.05, 3.63) is 52.0 Å². The smallest absolute Gasteiger partial charge is 0.263 e. The van der Waals surface area contributed by atoms with E-state index in [9.17, 15) is 14.7 Å². The molecule has 1 saturated heterocycles. The zero-order valence-electron chi connectivity index (χ0n) is 19.5. The molecule has 2 aliphatic heterocycles. The van der Waals surface area contributed by atoms with Gasteiger partial charge in [0.05, 0.1) is 38.5 Å². The molecule has 1 aromatic rings. The van der Waals surface area contributed by atoms with E-state index in [2.05, 4.69) is 18.8 Å². The van der Waals surface area contributed by atoms with Gasteiger partial charge in [0.15, 0.2) is 5.78 Å². The standard InChI is InChI=1S/C26H33N3O3S/c1-4-20(21-8-9-22(33-21)25(32)29-14-10-18(30)11-15-29)28-23-17(2)27-16-19(23)24(31)26(3)12-6-5-7-13-26/h4,8-9,16,18,27,30H,2,5-7,10-15H2,1,3H3/b20-4-,28-23?. The van der Waals surface area contributed by atoms with Crippen molar-refractivity contribution in [2.45, 2.75) is 64.9 Å². The van der Waals surface area contributed by atoms with Crippen molar-refractivity contribution in [3.63, 3.8) is 0 Å². The van der Waals surface area contributed by atoms with Crippen LogP contribution in [0.15, 0.2) is 47.3 Å². The minimum atomic E-state index is -0.349. The lowest BCUT2D eigenvalue weighted by molar-refractivity contribution is -0.125. The zero-order valence-corrected chi connectivity index (χ0v) is 20.3. The second-order valence-corrected chi connectivity index (χ2v) is 10.5. The summed E-state index contributed by atoms with van der Waals surface area (Å²) in [6.45, 7) is 9.20. The van der Waals surface area contributed by atoms with Crippen molar-refractivity contribution in [1.29, 1.82) is 0 Å². The van der Waals surface area contributed by atoms with Gasteiger partial charge in [0.1, 0.15) is 0 Å². The Hall–Kier alpha value is -2.51. The van der Waals surface area contributed by atoms with Crippen LogP contribution in [-0.2, 0) is 4.79 Å². The monoisotopic (exact) mass is 467 g/mol. The number of carbonyl (C=O) groups excluding carboxylic acids is 2. The molecule has 7 heteroatoms. The summed E-state index contributed by atoms with van der Waals surface area (Å²) in [5, 5.41) is 12.8. The van der Waals surface area contributed by atoms with Crippen molar-refractivity contribution in [2.75, 3.05) is 13.1 Å². The predicted octanol–water partition coefficient (Wildman–Crippen LogP) is 4.69. The molecule has 2 N–H and O–H groups in total. The van der Waals surface area contributed by atoms with E-state index in [1.807, 2.05) is 25.1 Å². The van der Waals surface area contributed by atoms with Crippen molar-refractivity contribution >= 4 is 34.4 Å². The first kappa shape index (κ1) is 23.6. The average Bonchev–Trinajstić information content (AvgIpc) is 3.44. The van der Waals surface area contributed by atoms with E-state index in [1.54, 1.807) is 11.1 Å². The van der Waals surface area contributed by atoms with Gasteiger partial charge in [-0.25, -0.2) is 4.99 Å². The number of carbonyl (C=O) groups is 2. The van der Waals surface area contributed by atoms with Crippen LogP contribution in [0.3, 0.4) is 0 Å². The minimum absolute atomic E-state index is 0.00538. The number of aliphatic hydroxyl groups excluding tert-OH is 1. The fourth-order valence-electron chi connectivity index (χ4n) is 4.84. The summed E-state index contributed by atoms with van der Waals surface area (Å²) in [6, 6.07) is 3.75. The van der Waals surface area contributed by atoms with Gasteiger partial charge in [-0.3, -0.25) is 9.59 Å². The van der Waals surface area contributed by atoms with Crippen LogP contribution in [0.25, 0.3) is 5.70 Å². The third kappa shape index (κ3) is 4.89. The maximum absolute atomic E-state index is 13.5. The van der Waals surface area contributed by atoms with Crippen molar-refractivity contribution in [2.24, 2.45) is 10.4 Å². The van der Waals surface area contributed by atoms with Gasteiger partial charge in [-0.2, -0.15) is 0 Å². The first-order valence-electron chi connectivity index (χ1n) is 11.9. The largest absolute Gasteiger partial charge is 0.393 e. The van der Waals surface area contributed by atoms with Crippen LogP contribution >= 0.6 is 11.3 Å². The summed E-state index contributed by atoms with van der Waals surface area (Å²) >= 11 is 1.41. The molecule has 6 nitrogen and oxygen atoms in total. The number of nitrogens with zero attached hydrogens (tertiary/aromatic N) is 2. The molecule has 0 atom stereocenters. The number of piperidine rings is 1. The fourth-order valence-corrected chi connectivity index (χ4v) is 5.83. The zero-order chi connectivity index (χ0) is 23.6. The highest BCUT2D eigenvalue weighted by molar-refractivity contribution is 7.15. The van der Waals surface area contributed by atoms with Crippen molar-refractivity contribution in [3.8, 4) is 0 Å². The number of aliphatic imine (C=N–C) groups is 1. The Morgan fingerprint density at radius 3 is 2.55 bits per heavy atom. The Bertz CT molecular complexity index is 1030. The lowest BCUT2D eigenvalue weighted by Gasteiger charge is -2.32. The molecule has 33 heavy (non-hydrogen) atoms. The Balaban J connectivity index is 1.54. The molecule has 3 heterocycles. The van der Waals surface area contributed by atoms with Crippen LogP contribution in [0.5, 0.6) is 0 Å². The number of hydrogen-bond donors (Lipinski definition) is 2. The minimum Gasteiger partial charge on any atom is -0.393 e. The van der Waals surface area contributed by atoms with Crippen LogP contribution in [0, 0.1) is 5.41 Å². The molecule has 0 unspecified atom stereocenters. The first-order valence-corrected chi connectivity index (χ1v) is 12.7. The van der Waals surface area contributed by atoms with Gasteiger partial charge < -0.3 is 15.3 Å². The number of ketones is 1. The molecule has 3 aliphatic rings. The summed E-state index contributed by atoms with van der Waals surface area (Å²) in [5.74, 6) is 0.131. The molecule has 1 aromatic heterocycles. The molecule has 176 valence electrons. The first-order chi connectivity index (χ1) is 15.8. The number of Topliss-reactive ketones (excluding diaryl/α,β-unsaturated/α-hetero) is 1. The molecule has 4 rings (SSSR count).